The third kappa shape index (κ3) is 4.77. The largest absolute Gasteiger partial charge is 0.352 e. The molecular formula is C19H20ClF3N2O. The number of benzene rings is 2. The molecule has 3 nitrogen and oxygen atoms in total. The molecule has 2 aromatic carbocycles. The first-order valence-corrected chi connectivity index (χ1v) is 8.28. The summed E-state index contributed by atoms with van der Waals surface area (Å²) in [6, 6.07) is 8.21. The van der Waals surface area contributed by atoms with Crippen molar-refractivity contribution in [2.45, 2.75) is 12.8 Å². The summed E-state index contributed by atoms with van der Waals surface area (Å²) in [5.41, 5.74) is 1.19. The number of hydrogen-bond donors (Lipinski definition) is 2. The zero-order valence-electron chi connectivity index (χ0n) is 14.0. The minimum atomic E-state index is -1.49. The van der Waals surface area contributed by atoms with Gasteiger partial charge in [-0.25, -0.2) is 13.2 Å². The predicted octanol–water partition coefficient (Wildman–Crippen LogP) is 3.92. The van der Waals surface area contributed by atoms with E-state index in [0.29, 0.717) is 23.6 Å². The average molecular weight is 385 g/mol. The Hall–Kier alpha value is -2.05. The minimum Gasteiger partial charge on any atom is -0.352 e. The Morgan fingerprint density at radius 3 is 2.31 bits per heavy atom. The fourth-order valence-corrected chi connectivity index (χ4v) is 2.99. The minimum absolute atomic E-state index is 0. The van der Waals surface area contributed by atoms with Gasteiger partial charge in [-0.15, -0.1) is 12.4 Å². The molecular weight excluding hydrogens is 365 g/mol. The molecule has 26 heavy (non-hydrogen) atoms. The Morgan fingerprint density at radius 2 is 1.73 bits per heavy atom. The third-order valence-electron chi connectivity index (χ3n) is 4.46. The van der Waals surface area contributed by atoms with Crippen molar-refractivity contribution in [2.75, 3.05) is 19.6 Å². The molecule has 0 aliphatic carbocycles. The maximum atomic E-state index is 13.3. The van der Waals surface area contributed by atoms with E-state index >= 15 is 0 Å². The van der Waals surface area contributed by atoms with Gasteiger partial charge < -0.3 is 10.6 Å². The predicted molar refractivity (Wildman–Crippen MR) is 96.9 cm³/mol. The van der Waals surface area contributed by atoms with E-state index in [1.54, 1.807) is 24.3 Å². The van der Waals surface area contributed by atoms with Gasteiger partial charge in [0.05, 0.1) is 0 Å². The topological polar surface area (TPSA) is 41.1 Å². The zero-order chi connectivity index (χ0) is 17.8. The van der Waals surface area contributed by atoms with Gasteiger partial charge in [-0.1, -0.05) is 12.1 Å². The van der Waals surface area contributed by atoms with Crippen LogP contribution < -0.4 is 10.6 Å². The molecule has 2 N–H and O–H groups in total. The molecule has 1 heterocycles. The molecule has 1 aliphatic heterocycles. The number of halogens is 4. The van der Waals surface area contributed by atoms with Crippen LogP contribution in [0.2, 0.25) is 0 Å². The highest BCUT2D eigenvalue weighted by Crippen LogP contribution is 2.24. The van der Waals surface area contributed by atoms with Crippen LogP contribution in [0.15, 0.2) is 36.4 Å². The Bertz CT molecular complexity index is 739. The Balaban J connectivity index is 0.00000243. The second-order valence-electron chi connectivity index (χ2n) is 6.23. The van der Waals surface area contributed by atoms with Crippen molar-refractivity contribution >= 4 is 18.3 Å². The quantitative estimate of drug-likeness (QED) is 0.767. The normalized spacial score (nSPS) is 16.2. The van der Waals surface area contributed by atoms with Gasteiger partial charge in [-0.3, -0.25) is 4.79 Å². The summed E-state index contributed by atoms with van der Waals surface area (Å²) >= 11 is 0. The van der Waals surface area contributed by atoms with E-state index in [4.69, 9.17) is 0 Å². The first kappa shape index (κ1) is 20.3. The first-order valence-electron chi connectivity index (χ1n) is 8.28. The number of amides is 1. The molecule has 0 spiro atoms. The van der Waals surface area contributed by atoms with Crippen molar-refractivity contribution in [3.63, 3.8) is 0 Å². The van der Waals surface area contributed by atoms with Gasteiger partial charge in [-0.2, -0.15) is 0 Å². The highest BCUT2D eigenvalue weighted by atomic mass is 35.5. The Kier molecular flexibility index (Phi) is 7.06. The molecule has 140 valence electrons. The molecule has 1 aliphatic rings. The lowest BCUT2D eigenvalue weighted by Crippen LogP contribution is -2.26. The van der Waals surface area contributed by atoms with Crippen molar-refractivity contribution in [1.82, 2.24) is 10.6 Å². The van der Waals surface area contributed by atoms with E-state index in [2.05, 4.69) is 10.6 Å². The van der Waals surface area contributed by atoms with E-state index in [-0.39, 0.29) is 23.9 Å². The van der Waals surface area contributed by atoms with Crippen LogP contribution in [-0.2, 0) is 0 Å². The van der Waals surface area contributed by atoms with Gasteiger partial charge in [0.15, 0.2) is 17.5 Å². The molecule has 1 saturated heterocycles. The molecule has 2 aromatic rings. The van der Waals surface area contributed by atoms with Crippen LogP contribution in [0.5, 0.6) is 0 Å². The number of nitrogens with one attached hydrogen (secondary N) is 2. The van der Waals surface area contributed by atoms with E-state index in [0.717, 1.165) is 38.1 Å². The van der Waals surface area contributed by atoms with Crippen molar-refractivity contribution in [3.8, 4) is 11.1 Å². The van der Waals surface area contributed by atoms with Gasteiger partial charge in [-0.05, 0) is 67.2 Å². The molecule has 1 unspecified atom stereocenters. The summed E-state index contributed by atoms with van der Waals surface area (Å²) in [5, 5.41) is 6.16. The summed E-state index contributed by atoms with van der Waals surface area (Å²) in [6.45, 7) is 2.64. The second-order valence-corrected chi connectivity index (χ2v) is 6.23. The van der Waals surface area contributed by atoms with Crippen molar-refractivity contribution in [1.29, 1.82) is 0 Å². The van der Waals surface area contributed by atoms with E-state index < -0.39 is 17.5 Å². The number of hydrogen-bond acceptors (Lipinski definition) is 2. The smallest absolute Gasteiger partial charge is 0.251 e. The van der Waals surface area contributed by atoms with Crippen LogP contribution in [0.1, 0.15) is 23.2 Å². The van der Waals surface area contributed by atoms with Crippen LogP contribution >= 0.6 is 12.4 Å². The lowest BCUT2D eigenvalue weighted by molar-refractivity contribution is 0.0951. The highest BCUT2D eigenvalue weighted by Gasteiger charge is 2.15. The molecule has 0 aromatic heterocycles. The third-order valence-corrected chi connectivity index (χ3v) is 4.46. The van der Waals surface area contributed by atoms with Crippen LogP contribution in [0.25, 0.3) is 11.1 Å². The molecule has 0 bridgehead atoms. The summed E-state index contributed by atoms with van der Waals surface area (Å²) in [7, 11) is 0. The molecule has 1 fully saturated rings. The maximum absolute atomic E-state index is 13.3. The Labute approximate surface area is 156 Å². The fourth-order valence-electron chi connectivity index (χ4n) is 2.99. The maximum Gasteiger partial charge on any atom is 0.251 e. The average Bonchev–Trinajstić information content (AvgIpc) is 3.12. The first-order chi connectivity index (χ1) is 12.0. The van der Waals surface area contributed by atoms with E-state index in [1.165, 1.54) is 0 Å². The van der Waals surface area contributed by atoms with E-state index in [1.807, 2.05) is 0 Å². The standard InChI is InChI=1S/C19H19F3N2O.ClH/c20-16-9-15(10-17(21)18(16)22)13-1-3-14(4-2-13)19(25)24-8-6-12-5-7-23-11-12;/h1-4,9-10,12,23H,5-8,11H2,(H,24,25);1H. The highest BCUT2D eigenvalue weighted by molar-refractivity contribution is 5.94. The molecule has 0 radical (unpaired) electrons. The lowest BCUT2D eigenvalue weighted by atomic mass is 10.0. The van der Waals surface area contributed by atoms with Crippen LogP contribution in [-0.4, -0.2) is 25.5 Å². The van der Waals surface area contributed by atoms with E-state index in [9.17, 15) is 18.0 Å². The van der Waals surface area contributed by atoms with Gasteiger partial charge in [0, 0.05) is 12.1 Å². The van der Waals surface area contributed by atoms with Gasteiger partial charge >= 0.3 is 0 Å². The lowest BCUT2D eigenvalue weighted by Gasteiger charge is -2.10. The Morgan fingerprint density at radius 1 is 1.08 bits per heavy atom. The SMILES string of the molecule is Cl.O=C(NCCC1CCNC1)c1ccc(-c2cc(F)c(F)c(F)c2)cc1. The van der Waals surface area contributed by atoms with Gasteiger partial charge in [0.2, 0.25) is 0 Å². The van der Waals surface area contributed by atoms with Crippen molar-refractivity contribution < 1.29 is 18.0 Å². The summed E-state index contributed by atoms with van der Waals surface area (Å²) < 4.78 is 39.7. The van der Waals surface area contributed by atoms with Gasteiger partial charge in [0.25, 0.3) is 5.91 Å². The van der Waals surface area contributed by atoms with Crippen molar-refractivity contribution in [3.05, 3.63) is 59.4 Å². The molecule has 7 heteroatoms. The van der Waals surface area contributed by atoms with Gasteiger partial charge in [0.1, 0.15) is 0 Å². The van der Waals surface area contributed by atoms with Crippen LogP contribution in [0.3, 0.4) is 0 Å². The van der Waals surface area contributed by atoms with Crippen LogP contribution in [0, 0.1) is 23.4 Å². The number of carbonyl (C=O) groups is 1. The van der Waals surface area contributed by atoms with Crippen molar-refractivity contribution in [2.24, 2.45) is 5.92 Å². The molecule has 1 amide bonds. The number of carbonyl (C=O) groups excluding carboxylic acids is 1. The molecule has 3 rings (SSSR count). The monoisotopic (exact) mass is 384 g/mol. The summed E-state index contributed by atoms with van der Waals surface area (Å²) in [4.78, 5) is 12.1. The van der Waals surface area contributed by atoms with Crippen LogP contribution in [0.4, 0.5) is 13.2 Å². The molecule has 1 atom stereocenters. The molecule has 0 saturated carbocycles. The number of rotatable bonds is 5. The zero-order valence-corrected chi connectivity index (χ0v) is 14.8. The summed E-state index contributed by atoms with van der Waals surface area (Å²) in [5.74, 6) is -3.55. The fraction of sp³-hybridized carbons (Fsp3) is 0.316. The summed E-state index contributed by atoms with van der Waals surface area (Å²) in [6.07, 6.45) is 2.07. The second kappa shape index (κ2) is 9.05.